The zero-order valence-electron chi connectivity index (χ0n) is 16.7. The summed E-state index contributed by atoms with van der Waals surface area (Å²) in [5.41, 5.74) is 3.71. The summed E-state index contributed by atoms with van der Waals surface area (Å²) in [4.78, 5) is 18.9. The molecule has 1 saturated heterocycles. The lowest BCUT2D eigenvalue weighted by Crippen LogP contribution is -2.43. The number of anilines is 1. The van der Waals surface area contributed by atoms with Crippen molar-refractivity contribution in [3.63, 3.8) is 0 Å². The van der Waals surface area contributed by atoms with Crippen molar-refractivity contribution in [2.45, 2.75) is 0 Å². The van der Waals surface area contributed by atoms with Gasteiger partial charge < -0.3 is 15.3 Å². The number of hydrogen-bond acceptors (Lipinski definition) is 8. The van der Waals surface area contributed by atoms with E-state index in [1.54, 1.807) is 12.1 Å². The van der Waals surface area contributed by atoms with Crippen molar-refractivity contribution in [3.8, 4) is 17.0 Å². The van der Waals surface area contributed by atoms with E-state index in [2.05, 4.69) is 25.4 Å². The molecular formula is C21H19ClN6O2S. The van der Waals surface area contributed by atoms with Gasteiger partial charge in [0, 0.05) is 56.1 Å². The minimum Gasteiger partial charge on any atom is -0.493 e. The lowest BCUT2D eigenvalue weighted by atomic mass is 10.0. The maximum absolute atomic E-state index is 11.8. The summed E-state index contributed by atoms with van der Waals surface area (Å²) >= 11 is 7.49. The molecule has 3 aromatic rings. The van der Waals surface area contributed by atoms with Crippen molar-refractivity contribution in [1.82, 2.24) is 14.9 Å². The third-order valence-corrected chi connectivity index (χ3v) is 6.69. The van der Waals surface area contributed by atoms with Crippen LogP contribution in [0.1, 0.15) is 10.4 Å². The minimum atomic E-state index is -0.244. The fourth-order valence-corrected chi connectivity index (χ4v) is 4.72. The van der Waals surface area contributed by atoms with Crippen LogP contribution in [0.5, 0.6) is 5.88 Å². The summed E-state index contributed by atoms with van der Waals surface area (Å²) in [5, 5.41) is 22.5. The highest BCUT2D eigenvalue weighted by molar-refractivity contribution is 7.10. The van der Waals surface area contributed by atoms with Crippen molar-refractivity contribution in [2.24, 2.45) is 17.3 Å². The van der Waals surface area contributed by atoms with Gasteiger partial charge in [0.2, 0.25) is 5.88 Å². The van der Waals surface area contributed by atoms with Gasteiger partial charge in [-0.2, -0.15) is 0 Å². The number of thiazole rings is 1. The quantitative estimate of drug-likeness (QED) is 0.626. The predicted octanol–water partition coefficient (Wildman–Crippen LogP) is 3.87. The number of rotatable bonds is 3. The van der Waals surface area contributed by atoms with Crippen LogP contribution in [0.4, 0.5) is 11.5 Å². The second-order valence-corrected chi connectivity index (χ2v) is 8.74. The molecule has 1 fully saturated rings. The molecule has 0 bridgehead atoms. The topological polar surface area (TPSA) is 95.1 Å². The smallest absolute Gasteiger partial charge is 0.310 e. The molecule has 8 nitrogen and oxygen atoms in total. The third-order valence-electron chi connectivity index (χ3n) is 5.40. The fourth-order valence-electron chi connectivity index (χ4n) is 3.64. The molecule has 0 radical (unpaired) electrons. The van der Waals surface area contributed by atoms with Crippen molar-refractivity contribution >= 4 is 46.2 Å². The Kier molecular flexibility index (Phi) is 5.09. The summed E-state index contributed by atoms with van der Waals surface area (Å²) < 4.78 is 1.20. The molecule has 0 saturated carbocycles. The van der Waals surface area contributed by atoms with Gasteiger partial charge in [-0.3, -0.25) is 9.36 Å². The lowest BCUT2D eigenvalue weighted by Gasteiger charge is -2.28. The van der Waals surface area contributed by atoms with E-state index in [0.29, 0.717) is 21.3 Å². The Bertz CT molecular complexity index is 1270. The average Bonchev–Trinajstić information content (AvgIpc) is 3.29. The molecule has 2 aliphatic rings. The standard InChI is InChI=1S/C21H19ClN6O2S/c1-27-20(29)18(31-21(27)30)10-17-14-8-13(15(22)9-16(14)25-26-17)12-2-3-19(24-11-12)28-6-4-23-5-7-28/h2-3,8-11,23,29H,4-7H2,1H3/b17-10-. The Morgan fingerprint density at radius 1 is 1.19 bits per heavy atom. The maximum atomic E-state index is 11.8. The van der Waals surface area contributed by atoms with Gasteiger partial charge in [-0.25, -0.2) is 4.98 Å². The first kappa shape index (κ1) is 19.9. The van der Waals surface area contributed by atoms with E-state index in [1.807, 2.05) is 24.4 Å². The zero-order chi connectivity index (χ0) is 21.5. The molecule has 10 heteroatoms. The van der Waals surface area contributed by atoms with Crippen molar-refractivity contribution in [2.75, 3.05) is 31.1 Å². The van der Waals surface area contributed by atoms with Gasteiger partial charge in [-0.1, -0.05) is 22.9 Å². The Labute approximate surface area is 187 Å². The van der Waals surface area contributed by atoms with E-state index in [1.165, 1.54) is 11.6 Å². The zero-order valence-corrected chi connectivity index (χ0v) is 18.2. The van der Waals surface area contributed by atoms with Crippen LogP contribution in [-0.2, 0) is 7.05 Å². The van der Waals surface area contributed by atoms with Gasteiger partial charge >= 0.3 is 4.87 Å². The van der Waals surface area contributed by atoms with Gasteiger partial charge in [0.05, 0.1) is 21.3 Å². The summed E-state index contributed by atoms with van der Waals surface area (Å²) in [6.45, 7) is 3.77. The molecule has 0 atom stereocenters. The highest BCUT2D eigenvalue weighted by Gasteiger charge is 2.20. The lowest BCUT2D eigenvalue weighted by molar-refractivity contribution is 0.428. The van der Waals surface area contributed by atoms with E-state index in [9.17, 15) is 9.90 Å². The van der Waals surface area contributed by atoms with Gasteiger partial charge in [-0.15, -0.1) is 10.2 Å². The summed E-state index contributed by atoms with van der Waals surface area (Å²) in [6.07, 6.45) is 3.49. The number of aromatic nitrogens is 2. The first-order chi connectivity index (χ1) is 15.0. The maximum Gasteiger partial charge on any atom is 0.310 e. The van der Waals surface area contributed by atoms with Crippen LogP contribution in [0.25, 0.3) is 22.9 Å². The summed E-state index contributed by atoms with van der Waals surface area (Å²) in [5.74, 6) is 0.857. The first-order valence-corrected chi connectivity index (χ1v) is 11.0. The van der Waals surface area contributed by atoms with Gasteiger partial charge in [0.15, 0.2) is 0 Å². The third kappa shape index (κ3) is 3.65. The Balaban J connectivity index is 1.50. The van der Waals surface area contributed by atoms with E-state index in [0.717, 1.165) is 60.0 Å². The van der Waals surface area contributed by atoms with Crippen molar-refractivity contribution < 1.29 is 5.11 Å². The number of aromatic hydroxyl groups is 1. The van der Waals surface area contributed by atoms with Gasteiger partial charge in [0.25, 0.3) is 0 Å². The average molecular weight is 455 g/mol. The largest absolute Gasteiger partial charge is 0.493 e. The molecule has 2 N–H and O–H groups in total. The van der Waals surface area contributed by atoms with Crippen LogP contribution in [0.15, 0.2) is 45.5 Å². The highest BCUT2D eigenvalue weighted by atomic mass is 35.5. The molecule has 0 amide bonds. The van der Waals surface area contributed by atoms with Gasteiger partial charge in [-0.05, 0) is 30.3 Å². The molecule has 2 aromatic heterocycles. The highest BCUT2D eigenvalue weighted by Crippen LogP contribution is 2.43. The first-order valence-electron chi connectivity index (χ1n) is 9.79. The number of nitrogens with one attached hydrogen (secondary N) is 1. The van der Waals surface area contributed by atoms with Gasteiger partial charge in [0.1, 0.15) is 5.82 Å². The van der Waals surface area contributed by atoms with E-state index in [-0.39, 0.29) is 10.8 Å². The summed E-state index contributed by atoms with van der Waals surface area (Å²) in [6, 6.07) is 7.72. The minimum absolute atomic E-state index is 0.0898. The number of nitrogens with zero attached hydrogens (tertiary/aromatic N) is 5. The molecule has 1 aromatic carbocycles. The van der Waals surface area contributed by atoms with Crippen LogP contribution in [0.2, 0.25) is 5.02 Å². The molecule has 158 valence electrons. The van der Waals surface area contributed by atoms with E-state index in [4.69, 9.17) is 11.6 Å². The Hall–Kier alpha value is -3.01. The van der Waals surface area contributed by atoms with Crippen LogP contribution in [0.3, 0.4) is 0 Å². The number of halogens is 1. The monoisotopic (exact) mass is 454 g/mol. The van der Waals surface area contributed by atoms with Crippen molar-refractivity contribution in [1.29, 1.82) is 0 Å². The number of piperazine rings is 1. The van der Waals surface area contributed by atoms with Crippen molar-refractivity contribution in [3.05, 3.63) is 55.6 Å². The van der Waals surface area contributed by atoms with Crippen LogP contribution in [-0.4, -0.2) is 40.8 Å². The number of fused-ring (bicyclic) bond motifs is 1. The van der Waals surface area contributed by atoms with Crippen LogP contribution >= 0.6 is 22.9 Å². The second-order valence-electron chi connectivity index (χ2n) is 7.34. The number of benzene rings is 1. The molecule has 0 spiro atoms. The predicted molar refractivity (Wildman–Crippen MR) is 123 cm³/mol. The second kappa shape index (κ2) is 7.92. The molecule has 4 heterocycles. The molecule has 0 aliphatic carbocycles. The number of hydrogen-bond donors (Lipinski definition) is 2. The Morgan fingerprint density at radius 3 is 2.68 bits per heavy atom. The van der Waals surface area contributed by atoms with E-state index < -0.39 is 0 Å². The normalized spacial score (nSPS) is 16.8. The Morgan fingerprint density at radius 2 is 2.00 bits per heavy atom. The SMILES string of the molecule is Cn1c(O)c(/C=C2\N=Nc3cc(Cl)c(-c4ccc(N5CCNCC5)nc4)cc32)sc1=O. The molecule has 0 unspecified atom stereocenters. The molecular weight excluding hydrogens is 436 g/mol. The molecule has 5 rings (SSSR count). The number of azo groups is 1. The fraction of sp³-hybridized carbons (Fsp3) is 0.238. The van der Waals surface area contributed by atoms with Crippen LogP contribution < -0.4 is 15.1 Å². The summed E-state index contributed by atoms with van der Waals surface area (Å²) in [7, 11) is 1.52. The molecule has 31 heavy (non-hydrogen) atoms. The van der Waals surface area contributed by atoms with Crippen LogP contribution in [0, 0.1) is 0 Å². The number of pyridine rings is 1. The molecule has 2 aliphatic heterocycles. The van der Waals surface area contributed by atoms with E-state index >= 15 is 0 Å².